The highest BCUT2D eigenvalue weighted by molar-refractivity contribution is 5.15. The summed E-state index contributed by atoms with van der Waals surface area (Å²) in [7, 11) is 0. The zero-order valence-electron chi connectivity index (χ0n) is 12.2. The quantitative estimate of drug-likeness (QED) is 0.845. The Balaban J connectivity index is 1.41. The van der Waals surface area contributed by atoms with Crippen molar-refractivity contribution in [1.82, 2.24) is 14.9 Å². The lowest BCUT2D eigenvalue weighted by molar-refractivity contribution is 0.101. The Morgan fingerprint density at radius 2 is 2.00 bits per heavy atom. The Morgan fingerprint density at radius 3 is 2.71 bits per heavy atom. The highest BCUT2D eigenvalue weighted by Gasteiger charge is 2.20. The Labute approximate surface area is 125 Å². The Hall–Kier alpha value is -1.94. The molecule has 2 aromatic heterocycles. The Bertz CT molecular complexity index is 524. The van der Waals surface area contributed by atoms with Gasteiger partial charge in [-0.2, -0.15) is 0 Å². The van der Waals surface area contributed by atoms with Crippen LogP contribution in [0.4, 0.5) is 0 Å². The molecule has 4 nitrogen and oxygen atoms in total. The number of rotatable bonds is 5. The molecule has 0 aromatic carbocycles. The third kappa shape index (κ3) is 4.26. The van der Waals surface area contributed by atoms with Crippen molar-refractivity contribution in [3.63, 3.8) is 0 Å². The minimum Gasteiger partial charge on any atom is -0.489 e. The van der Waals surface area contributed by atoms with E-state index in [1.165, 1.54) is 5.69 Å². The topological polar surface area (TPSA) is 38.2 Å². The van der Waals surface area contributed by atoms with Crippen molar-refractivity contribution in [3.8, 4) is 5.75 Å². The fourth-order valence-corrected chi connectivity index (χ4v) is 2.68. The lowest BCUT2D eigenvalue weighted by atomic mass is 10.1. The number of ether oxygens (including phenoxy) is 1. The van der Waals surface area contributed by atoms with E-state index in [1.54, 1.807) is 12.4 Å². The molecule has 21 heavy (non-hydrogen) atoms. The Morgan fingerprint density at radius 1 is 1.10 bits per heavy atom. The van der Waals surface area contributed by atoms with Crippen LogP contribution < -0.4 is 4.74 Å². The summed E-state index contributed by atoms with van der Waals surface area (Å²) in [5.41, 5.74) is 1.17. The Kier molecular flexibility index (Phi) is 4.79. The summed E-state index contributed by atoms with van der Waals surface area (Å²) in [6.45, 7) is 3.27. The SMILES string of the molecule is c1ccc(CCN2CCC(Oc3cccnc3)CC2)nc1. The first kappa shape index (κ1) is 14.0. The van der Waals surface area contributed by atoms with Crippen molar-refractivity contribution >= 4 is 0 Å². The molecular weight excluding hydrogens is 262 g/mol. The first-order chi connectivity index (χ1) is 10.4. The van der Waals surface area contributed by atoms with Crippen LogP contribution in [0.25, 0.3) is 0 Å². The van der Waals surface area contributed by atoms with Gasteiger partial charge in [0.05, 0.1) is 6.20 Å². The van der Waals surface area contributed by atoms with E-state index in [0.717, 1.165) is 44.6 Å². The summed E-state index contributed by atoms with van der Waals surface area (Å²) in [5.74, 6) is 0.879. The van der Waals surface area contributed by atoms with Crippen molar-refractivity contribution in [2.75, 3.05) is 19.6 Å². The molecule has 0 atom stereocenters. The van der Waals surface area contributed by atoms with Crippen molar-refractivity contribution in [2.24, 2.45) is 0 Å². The van der Waals surface area contributed by atoms with Gasteiger partial charge in [-0.25, -0.2) is 0 Å². The lowest BCUT2D eigenvalue weighted by Crippen LogP contribution is -2.39. The molecular formula is C17H21N3O. The summed E-state index contributed by atoms with van der Waals surface area (Å²) in [5, 5.41) is 0. The average Bonchev–Trinajstić information content (AvgIpc) is 2.56. The molecule has 1 saturated heterocycles. The summed E-state index contributed by atoms with van der Waals surface area (Å²) in [6, 6.07) is 10.00. The summed E-state index contributed by atoms with van der Waals surface area (Å²) in [4.78, 5) is 11.0. The summed E-state index contributed by atoms with van der Waals surface area (Å²) >= 11 is 0. The van der Waals surface area contributed by atoms with Crippen LogP contribution in [0.2, 0.25) is 0 Å². The molecule has 0 unspecified atom stereocenters. The van der Waals surface area contributed by atoms with Crippen LogP contribution in [0.5, 0.6) is 5.75 Å². The van der Waals surface area contributed by atoms with E-state index in [1.807, 2.05) is 24.4 Å². The van der Waals surface area contributed by atoms with Crippen LogP contribution in [0.1, 0.15) is 18.5 Å². The molecule has 2 aromatic rings. The van der Waals surface area contributed by atoms with Gasteiger partial charge in [-0.05, 0) is 37.1 Å². The summed E-state index contributed by atoms with van der Waals surface area (Å²) in [6.07, 6.45) is 8.92. The fourth-order valence-electron chi connectivity index (χ4n) is 2.68. The monoisotopic (exact) mass is 283 g/mol. The number of aromatic nitrogens is 2. The van der Waals surface area contributed by atoms with E-state index in [9.17, 15) is 0 Å². The molecule has 0 aliphatic carbocycles. The third-order valence-corrected chi connectivity index (χ3v) is 3.88. The number of hydrogen-bond donors (Lipinski definition) is 0. The normalized spacial score (nSPS) is 16.8. The smallest absolute Gasteiger partial charge is 0.137 e. The van der Waals surface area contributed by atoms with E-state index in [0.29, 0.717) is 6.10 Å². The van der Waals surface area contributed by atoms with Gasteiger partial charge >= 0.3 is 0 Å². The molecule has 3 heterocycles. The van der Waals surface area contributed by atoms with E-state index in [4.69, 9.17) is 4.74 Å². The van der Waals surface area contributed by atoms with Gasteiger partial charge in [-0.15, -0.1) is 0 Å². The number of nitrogens with zero attached hydrogens (tertiary/aromatic N) is 3. The van der Waals surface area contributed by atoms with E-state index < -0.39 is 0 Å². The predicted octanol–water partition coefficient (Wildman–Crippen LogP) is 2.56. The number of pyridine rings is 2. The van der Waals surface area contributed by atoms with E-state index in [2.05, 4.69) is 27.0 Å². The van der Waals surface area contributed by atoms with Crippen molar-refractivity contribution in [1.29, 1.82) is 0 Å². The zero-order valence-corrected chi connectivity index (χ0v) is 12.2. The van der Waals surface area contributed by atoms with Gasteiger partial charge in [0.15, 0.2) is 0 Å². The van der Waals surface area contributed by atoms with Crippen LogP contribution in [-0.4, -0.2) is 40.6 Å². The van der Waals surface area contributed by atoms with E-state index in [-0.39, 0.29) is 0 Å². The van der Waals surface area contributed by atoms with Crippen molar-refractivity contribution < 1.29 is 4.74 Å². The molecule has 0 bridgehead atoms. The van der Waals surface area contributed by atoms with E-state index >= 15 is 0 Å². The molecule has 0 radical (unpaired) electrons. The largest absolute Gasteiger partial charge is 0.489 e. The van der Waals surface area contributed by atoms with Gasteiger partial charge in [0.2, 0.25) is 0 Å². The molecule has 110 valence electrons. The van der Waals surface area contributed by atoms with Gasteiger partial charge in [0.1, 0.15) is 11.9 Å². The molecule has 3 rings (SSSR count). The third-order valence-electron chi connectivity index (χ3n) is 3.88. The van der Waals surface area contributed by atoms with Crippen LogP contribution in [0.15, 0.2) is 48.9 Å². The number of piperidine rings is 1. The maximum Gasteiger partial charge on any atom is 0.137 e. The predicted molar refractivity (Wildman–Crippen MR) is 82.3 cm³/mol. The van der Waals surface area contributed by atoms with Gasteiger partial charge in [0, 0.05) is 44.1 Å². The highest BCUT2D eigenvalue weighted by Crippen LogP contribution is 2.18. The fraction of sp³-hybridized carbons (Fsp3) is 0.412. The second-order valence-electron chi connectivity index (χ2n) is 5.42. The van der Waals surface area contributed by atoms with Gasteiger partial charge in [0.25, 0.3) is 0 Å². The molecule has 1 aliphatic rings. The minimum atomic E-state index is 0.320. The average molecular weight is 283 g/mol. The second kappa shape index (κ2) is 7.18. The molecule has 0 N–H and O–H groups in total. The molecule has 0 amide bonds. The van der Waals surface area contributed by atoms with Crippen LogP contribution in [0.3, 0.4) is 0 Å². The highest BCUT2D eigenvalue weighted by atomic mass is 16.5. The molecule has 0 saturated carbocycles. The maximum atomic E-state index is 5.96. The van der Waals surface area contributed by atoms with Crippen LogP contribution >= 0.6 is 0 Å². The lowest BCUT2D eigenvalue weighted by Gasteiger charge is -2.31. The van der Waals surface area contributed by atoms with Gasteiger partial charge in [-0.1, -0.05) is 6.07 Å². The van der Waals surface area contributed by atoms with Crippen molar-refractivity contribution in [2.45, 2.75) is 25.4 Å². The molecule has 0 spiro atoms. The first-order valence-electron chi connectivity index (χ1n) is 7.59. The standard InChI is InChI=1S/C17H21N3O/c1-2-10-19-15(4-1)6-11-20-12-7-16(8-13-20)21-17-5-3-9-18-14-17/h1-5,9-10,14,16H,6-8,11-13H2. The number of likely N-dealkylation sites (tertiary alicyclic amines) is 1. The molecule has 1 fully saturated rings. The first-order valence-corrected chi connectivity index (χ1v) is 7.59. The number of hydrogen-bond acceptors (Lipinski definition) is 4. The van der Waals surface area contributed by atoms with Crippen LogP contribution in [0, 0.1) is 0 Å². The summed E-state index contributed by atoms with van der Waals surface area (Å²) < 4.78 is 5.96. The van der Waals surface area contributed by atoms with Gasteiger partial charge in [-0.3, -0.25) is 9.97 Å². The maximum absolute atomic E-state index is 5.96. The van der Waals surface area contributed by atoms with Crippen molar-refractivity contribution in [3.05, 3.63) is 54.6 Å². The zero-order chi connectivity index (χ0) is 14.3. The van der Waals surface area contributed by atoms with Crippen LogP contribution in [-0.2, 0) is 6.42 Å². The molecule has 1 aliphatic heterocycles. The van der Waals surface area contributed by atoms with Gasteiger partial charge < -0.3 is 9.64 Å². The second-order valence-corrected chi connectivity index (χ2v) is 5.42. The molecule has 4 heteroatoms. The minimum absolute atomic E-state index is 0.320.